The molecule has 100 valence electrons. The van der Waals surface area contributed by atoms with Crippen molar-refractivity contribution in [2.75, 3.05) is 17.2 Å². The summed E-state index contributed by atoms with van der Waals surface area (Å²) in [6.45, 7) is 0.201. The van der Waals surface area contributed by atoms with Crippen LogP contribution in [0.15, 0.2) is 54.6 Å². The summed E-state index contributed by atoms with van der Waals surface area (Å²) in [5.41, 5.74) is 2.60. The van der Waals surface area contributed by atoms with Gasteiger partial charge in [-0.2, -0.15) is 5.26 Å². The van der Waals surface area contributed by atoms with Crippen molar-refractivity contribution in [3.8, 4) is 6.07 Å². The standard InChI is InChI=1S/C16H15N3O/c17-11-10-13-6-8-14(9-7-13)18-12-16(20)19-15-4-2-1-3-5-15/h1-9,18H,10,12H2,(H,19,20). The largest absolute Gasteiger partial charge is 0.376 e. The summed E-state index contributed by atoms with van der Waals surface area (Å²) in [7, 11) is 0. The van der Waals surface area contributed by atoms with E-state index in [1.807, 2.05) is 54.6 Å². The van der Waals surface area contributed by atoms with Gasteiger partial charge in [0.15, 0.2) is 0 Å². The summed E-state index contributed by atoms with van der Waals surface area (Å²) < 4.78 is 0. The minimum absolute atomic E-state index is 0.0997. The summed E-state index contributed by atoms with van der Waals surface area (Å²) in [6.07, 6.45) is 0.398. The lowest BCUT2D eigenvalue weighted by Gasteiger charge is -2.08. The molecule has 2 aromatic rings. The van der Waals surface area contributed by atoms with Crippen LogP contribution in [0.25, 0.3) is 0 Å². The molecule has 20 heavy (non-hydrogen) atoms. The number of carbonyl (C=O) groups is 1. The van der Waals surface area contributed by atoms with E-state index in [2.05, 4.69) is 16.7 Å². The zero-order valence-corrected chi connectivity index (χ0v) is 11.0. The van der Waals surface area contributed by atoms with Crippen LogP contribution >= 0.6 is 0 Å². The van der Waals surface area contributed by atoms with Crippen molar-refractivity contribution in [1.82, 2.24) is 0 Å². The number of benzene rings is 2. The highest BCUT2D eigenvalue weighted by molar-refractivity contribution is 5.93. The third kappa shape index (κ3) is 4.14. The first-order chi connectivity index (χ1) is 9.78. The highest BCUT2D eigenvalue weighted by Crippen LogP contribution is 2.10. The van der Waals surface area contributed by atoms with Crippen LogP contribution in [0.4, 0.5) is 11.4 Å². The molecule has 0 aliphatic heterocycles. The highest BCUT2D eigenvalue weighted by Gasteiger charge is 2.01. The molecule has 0 spiro atoms. The summed E-state index contributed by atoms with van der Waals surface area (Å²) in [4.78, 5) is 11.7. The van der Waals surface area contributed by atoms with Gasteiger partial charge in [-0.1, -0.05) is 30.3 Å². The normalized spacial score (nSPS) is 9.55. The molecule has 0 aliphatic carbocycles. The second-order valence-corrected chi connectivity index (χ2v) is 4.30. The Morgan fingerprint density at radius 3 is 2.35 bits per heavy atom. The molecule has 4 nitrogen and oxygen atoms in total. The fraction of sp³-hybridized carbons (Fsp3) is 0.125. The Labute approximate surface area is 118 Å². The van der Waals surface area contributed by atoms with Crippen LogP contribution in [0.1, 0.15) is 5.56 Å². The van der Waals surface area contributed by atoms with E-state index >= 15 is 0 Å². The number of anilines is 2. The second-order valence-electron chi connectivity index (χ2n) is 4.30. The first-order valence-corrected chi connectivity index (χ1v) is 6.32. The topological polar surface area (TPSA) is 64.9 Å². The number of rotatable bonds is 5. The molecular weight excluding hydrogens is 250 g/mol. The molecule has 0 saturated heterocycles. The summed E-state index contributed by atoms with van der Waals surface area (Å²) in [5, 5.41) is 14.4. The van der Waals surface area contributed by atoms with Crippen molar-refractivity contribution < 1.29 is 4.79 Å². The Kier molecular flexibility index (Phi) is 4.74. The monoisotopic (exact) mass is 265 g/mol. The Bertz CT molecular complexity index is 600. The van der Waals surface area contributed by atoms with Gasteiger partial charge in [-0.05, 0) is 29.8 Å². The Balaban J connectivity index is 1.83. The van der Waals surface area contributed by atoms with Crippen molar-refractivity contribution in [3.05, 3.63) is 60.2 Å². The first-order valence-electron chi connectivity index (χ1n) is 6.32. The molecule has 0 atom stereocenters. The molecule has 2 N–H and O–H groups in total. The van der Waals surface area contributed by atoms with Gasteiger partial charge in [0, 0.05) is 11.4 Å². The molecule has 2 rings (SSSR count). The van der Waals surface area contributed by atoms with Gasteiger partial charge in [-0.15, -0.1) is 0 Å². The highest BCUT2D eigenvalue weighted by atomic mass is 16.1. The van der Waals surface area contributed by atoms with E-state index in [0.717, 1.165) is 16.9 Å². The molecule has 0 radical (unpaired) electrons. The number of amides is 1. The van der Waals surface area contributed by atoms with E-state index in [1.165, 1.54) is 0 Å². The van der Waals surface area contributed by atoms with Crippen LogP contribution in [0.5, 0.6) is 0 Å². The number of hydrogen-bond acceptors (Lipinski definition) is 3. The van der Waals surface area contributed by atoms with Crippen LogP contribution in [0.2, 0.25) is 0 Å². The zero-order valence-electron chi connectivity index (χ0n) is 11.0. The minimum Gasteiger partial charge on any atom is -0.376 e. The third-order valence-electron chi connectivity index (χ3n) is 2.75. The summed E-state index contributed by atoms with van der Waals surface area (Å²) in [5.74, 6) is -0.0997. The number of para-hydroxylation sites is 1. The van der Waals surface area contributed by atoms with Gasteiger partial charge >= 0.3 is 0 Å². The van der Waals surface area contributed by atoms with Gasteiger partial charge in [0.2, 0.25) is 5.91 Å². The van der Waals surface area contributed by atoms with Gasteiger partial charge in [-0.3, -0.25) is 4.79 Å². The lowest BCUT2D eigenvalue weighted by Crippen LogP contribution is -2.21. The molecule has 4 heteroatoms. The first kappa shape index (κ1) is 13.6. The van der Waals surface area contributed by atoms with Crippen molar-refractivity contribution in [2.24, 2.45) is 0 Å². The van der Waals surface area contributed by atoms with E-state index in [1.54, 1.807) is 0 Å². The van der Waals surface area contributed by atoms with E-state index in [9.17, 15) is 4.79 Å². The van der Waals surface area contributed by atoms with Gasteiger partial charge in [0.1, 0.15) is 0 Å². The second kappa shape index (κ2) is 6.95. The van der Waals surface area contributed by atoms with Crippen LogP contribution < -0.4 is 10.6 Å². The average molecular weight is 265 g/mol. The minimum atomic E-state index is -0.0997. The maximum Gasteiger partial charge on any atom is 0.243 e. The molecule has 0 aromatic heterocycles. The third-order valence-corrected chi connectivity index (χ3v) is 2.75. The van der Waals surface area contributed by atoms with Gasteiger partial charge < -0.3 is 10.6 Å². The van der Waals surface area contributed by atoms with Crippen molar-refractivity contribution in [3.63, 3.8) is 0 Å². The summed E-state index contributed by atoms with van der Waals surface area (Å²) in [6, 6.07) is 18.9. The molecule has 0 bridgehead atoms. The average Bonchev–Trinajstić information content (AvgIpc) is 2.48. The number of hydrogen-bond donors (Lipinski definition) is 2. The molecule has 0 saturated carbocycles. The Morgan fingerprint density at radius 1 is 1.00 bits per heavy atom. The molecule has 2 aromatic carbocycles. The summed E-state index contributed by atoms with van der Waals surface area (Å²) >= 11 is 0. The number of nitriles is 1. The van der Waals surface area contributed by atoms with Crippen LogP contribution in [0.3, 0.4) is 0 Å². The van der Waals surface area contributed by atoms with Crippen LogP contribution in [0, 0.1) is 11.3 Å². The predicted octanol–water partition coefficient (Wildman–Crippen LogP) is 2.80. The van der Waals surface area contributed by atoms with Gasteiger partial charge in [-0.25, -0.2) is 0 Å². The van der Waals surface area contributed by atoms with Crippen molar-refractivity contribution in [2.45, 2.75) is 6.42 Å². The lowest BCUT2D eigenvalue weighted by atomic mass is 10.1. The lowest BCUT2D eigenvalue weighted by molar-refractivity contribution is -0.114. The molecule has 1 amide bonds. The van der Waals surface area contributed by atoms with E-state index in [-0.39, 0.29) is 12.5 Å². The fourth-order valence-electron chi connectivity index (χ4n) is 1.74. The smallest absolute Gasteiger partial charge is 0.243 e. The quantitative estimate of drug-likeness (QED) is 0.873. The fourth-order valence-corrected chi connectivity index (χ4v) is 1.74. The van der Waals surface area contributed by atoms with Gasteiger partial charge in [0.25, 0.3) is 0 Å². The molecule has 0 fully saturated rings. The SMILES string of the molecule is N#CCc1ccc(NCC(=O)Nc2ccccc2)cc1. The maximum atomic E-state index is 11.7. The van der Waals surface area contributed by atoms with Crippen molar-refractivity contribution >= 4 is 17.3 Å². The van der Waals surface area contributed by atoms with Crippen molar-refractivity contribution in [1.29, 1.82) is 5.26 Å². The van der Waals surface area contributed by atoms with E-state index in [0.29, 0.717) is 6.42 Å². The van der Waals surface area contributed by atoms with E-state index in [4.69, 9.17) is 5.26 Å². The maximum absolute atomic E-state index is 11.7. The zero-order chi connectivity index (χ0) is 14.2. The van der Waals surface area contributed by atoms with Gasteiger partial charge in [0.05, 0.1) is 19.0 Å². The van der Waals surface area contributed by atoms with E-state index < -0.39 is 0 Å². The number of carbonyl (C=O) groups excluding carboxylic acids is 1. The van der Waals surface area contributed by atoms with Crippen LogP contribution in [-0.2, 0) is 11.2 Å². The predicted molar refractivity (Wildman–Crippen MR) is 79.3 cm³/mol. The molecule has 0 heterocycles. The molecule has 0 unspecified atom stereocenters. The number of nitrogens with one attached hydrogen (secondary N) is 2. The Hall–Kier alpha value is -2.80. The van der Waals surface area contributed by atoms with Crippen LogP contribution in [-0.4, -0.2) is 12.5 Å². The Morgan fingerprint density at radius 2 is 1.70 bits per heavy atom. The molecule has 0 aliphatic rings. The molecular formula is C16H15N3O. The number of nitrogens with zero attached hydrogens (tertiary/aromatic N) is 1.